The third-order valence-corrected chi connectivity index (χ3v) is 3.28. The minimum atomic E-state index is -0.361. The summed E-state index contributed by atoms with van der Waals surface area (Å²) in [6.07, 6.45) is 0.275. The Bertz CT molecular complexity index is 439. The predicted octanol–water partition coefficient (Wildman–Crippen LogP) is 2.63. The standard InChI is InChI=1S/C13H18Cl2N2O2/c1-9(18)5-6-17(2)8-13(19)16-10-3-4-11(14)12(15)7-10/h3-4,7,9,18H,5-6,8H2,1-2H3,(H,16,19). The molecular weight excluding hydrogens is 287 g/mol. The van der Waals surface area contributed by atoms with Gasteiger partial charge in [-0.25, -0.2) is 0 Å². The maximum absolute atomic E-state index is 11.8. The average molecular weight is 305 g/mol. The van der Waals surface area contributed by atoms with Gasteiger partial charge >= 0.3 is 0 Å². The molecule has 0 saturated carbocycles. The molecule has 0 spiro atoms. The minimum absolute atomic E-state index is 0.133. The van der Waals surface area contributed by atoms with Crippen LogP contribution in [0.15, 0.2) is 18.2 Å². The molecule has 0 saturated heterocycles. The monoisotopic (exact) mass is 304 g/mol. The first-order valence-electron chi connectivity index (χ1n) is 6.00. The minimum Gasteiger partial charge on any atom is -0.393 e. The van der Waals surface area contributed by atoms with Crippen molar-refractivity contribution >= 4 is 34.8 Å². The summed E-state index contributed by atoms with van der Waals surface area (Å²) in [6.45, 7) is 2.64. The van der Waals surface area contributed by atoms with Crippen molar-refractivity contribution in [3.8, 4) is 0 Å². The molecule has 106 valence electrons. The first-order chi connectivity index (χ1) is 8.88. The third kappa shape index (κ3) is 6.25. The van der Waals surface area contributed by atoms with Crippen LogP contribution < -0.4 is 5.32 Å². The number of carbonyl (C=O) groups is 1. The van der Waals surface area contributed by atoms with E-state index in [1.165, 1.54) is 0 Å². The first-order valence-corrected chi connectivity index (χ1v) is 6.75. The molecule has 0 aromatic heterocycles. The number of halogens is 2. The van der Waals surface area contributed by atoms with E-state index < -0.39 is 0 Å². The summed E-state index contributed by atoms with van der Waals surface area (Å²) in [6, 6.07) is 4.94. The van der Waals surface area contributed by atoms with E-state index in [2.05, 4.69) is 5.32 Å². The highest BCUT2D eigenvalue weighted by atomic mass is 35.5. The van der Waals surface area contributed by atoms with Crippen molar-refractivity contribution in [2.45, 2.75) is 19.4 Å². The lowest BCUT2D eigenvalue weighted by molar-refractivity contribution is -0.117. The Morgan fingerprint density at radius 3 is 2.68 bits per heavy atom. The zero-order chi connectivity index (χ0) is 14.4. The van der Waals surface area contributed by atoms with Crippen LogP contribution in [0.3, 0.4) is 0 Å². The fourth-order valence-corrected chi connectivity index (χ4v) is 1.80. The molecule has 1 atom stereocenters. The van der Waals surface area contributed by atoms with Crippen LogP contribution in [0.4, 0.5) is 5.69 Å². The molecule has 1 amide bonds. The quantitative estimate of drug-likeness (QED) is 0.849. The summed E-state index contributed by atoms with van der Waals surface area (Å²) in [5, 5.41) is 12.8. The molecular formula is C13H18Cl2N2O2. The number of nitrogens with one attached hydrogen (secondary N) is 1. The number of aliphatic hydroxyl groups excluding tert-OH is 1. The van der Waals surface area contributed by atoms with Crippen LogP contribution >= 0.6 is 23.2 Å². The molecule has 2 N–H and O–H groups in total. The fourth-order valence-electron chi connectivity index (χ4n) is 1.51. The number of carbonyl (C=O) groups excluding carboxylic acids is 1. The van der Waals surface area contributed by atoms with Gasteiger partial charge in [0.25, 0.3) is 0 Å². The summed E-state index contributed by atoms with van der Waals surface area (Å²) in [5.41, 5.74) is 0.614. The van der Waals surface area contributed by atoms with E-state index in [4.69, 9.17) is 23.2 Å². The van der Waals surface area contributed by atoms with E-state index in [1.54, 1.807) is 25.1 Å². The molecule has 1 aromatic carbocycles. The Morgan fingerprint density at radius 2 is 2.11 bits per heavy atom. The highest BCUT2D eigenvalue weighted by Crippen LogP contribution is 2.24. The zero-order valence-electron chi connectivity index (χ0n) is 11.0. The van der Waals surface area contributed by atoms with Gasteiger partial charge in [-0.1, -0.05) is 23.2 Å². The van der Waals surface area contributed by atoms with Crippen molar-refractivity contribution in [2.24, 2.45) is 0 Å². The van der Waals surface area contributed by atoms with Gasteiger partial charge in [0.2, 0.25) is 5.91 Å². The maximum Gasteiger partial charge on any atom is 0.238 e. The smallest absolute Gasteiger partial charge is 0.238 e. The number of benzene rings is 1. The van der Waals surface area contributed by atoms with Crippen molar-refractivity contribution in [1.29, 1.82) is 0 Å². The van der Waals surface area contributed by atoms with Crippen LogP contribution in [-0.2, 0) is 4.79 Å². The van der Waals surface area contributed by atoms with Crippen molar-refractivity contribution in [3.05, 3.63) is 28.2 Å². The molecule has 0 radical (unpaired) electrons. The lowest BCUT2D eigenvalue weighted by atomic mass is 10.2. The molecule has 1 unspecified atom stereocenters. The number of rotatable bonds is 6. The van der Waals surface area contributed by atoms with Crippen LogP contribution in [0.2, 0.25) is 10.0 Å². The van der Waals surface area contributed by atoms with Gasteiger partial charge in [0.15, 0.2) is 0 Å². The van der Waals surface area contributed by atoms with Gasteiger partial charge in [0.1, 0.15) is 0 Å². The summed E-state index contributed by atoms with van der Waals surface area (Å²) in [5.74, 6) is -0.133. The molecule has 0 aliphatic heterocycles. The van der Waals surface area contributed by atoms with Gasteiger partial charge < -0.3 is 10.4 Å². The van der Waals surface area contributed by atoms with E-state index >= 15 is 0 Å². The van der Waals surface area contributed by atoms with Crippen LogP contribution in [0.25, 0.3) is 0 Å². The summed E-state index contributed by atoms with van der Waals surface area (Å²) >= 11 is 11.7. The summed E-state index contributed by atoms with van der Waals surface area (Å²) < 4.78 is 0. The third-order valence-electron chi connectivity index (χ3n) is 2.55. The number of hydrogen-bond donors (Lipinski definition) is 2. The summed E-state index contributed by atoms with van der Waals surface area (Å²) in [4.78, 5) is 13.6. The number of hydrogen-bond acceptors (Lipinski definition) is 3. The lowest BCUT2D eigenvalue weighted by Crippen LogP contribution is -2.32. The Balaban J connectivity index is 2.44. The summed E-state index contributed by atoms with van der Waals surface area (Å²) in [7, 11) is 1.83. The number of amides is 1. The molecule has 0 aliphatic rings. The van der Waals surface area contributed by atoms with E-state index in [9.17, 15) is 9.90 Å². The molecule has 0 aliphatic carbocycles. The Labute approximate surface area is 123 Å². The maximum atomic E-state index is 11.8. The highest BCUT2D eigenvalue weighted by Gasteiger charge is 2.08. The number of nitrogens with zero attached hydrogens (tertiary/aromatic N) is 1. The van der Waals surface area contributed by atoms with Crippen LogP contribution in [0.5, 0.6) is 0 Å². The molecule has 0 fully saturated rings. The predicted molar refractivity (Wildman–Crippen MR) is 78.9 cm³/mol. The van der Waals surface area contributed by atoms with Crippen LogP contribution in [-0.4, -0.2) is 42.2 Å². The fraction of sp³-hybridized carbons (Fsp3) is 0.462. The molecule has 1 aromatic rings. The van der Waals surface area contributed by atoms with Gasteiger partial charge in [0.05, 0.1) is 22.7 Å². The highest BCUT2D eigenvalue weighted by molar-refractivity contribution is 6.42. The lowest BCUT2D eigenvalue weighted by Gasteiger charge is -2.17. The van der Waals surface area contributed by atoms with Crippen molar-refractivity contribution in [1.82, 2.24) is 4.90 Å². The zero-order valence-corrected chi connectivity index (χ0v) is 12.5. The molecule has 0 bridgehead atoms. The molecule has 19 heavy (non-hydrogen) atoms. The van der Waals surface area contributed by atoms with E-state index in [-0.39, 0.29) is 18.6 Å². The number of likely N-dealkylation sites (N-methyl/N-ethyl adjacent to an activating group) is 1. The Hall–Kier alpha value is -0.810. The van der Waals surface area contributed by atoms with Crippen LogP contribution in [0.1, 0.15) is 13.3 Å². The largest absolute Gasteiger partial charge is 0.393 e. The van der Waals surface area contributed by atoms with Crippen molar-refractivity contribution < 1.29 is 9.90 Å². The normalized spacial score (nSPS) is 12.5. The Morgan fingerprint density at radius 1 is 1.42 bits per heavy atom. The second kappa shape index (κ2) is 7.70. The van der Waals surface area contributed by atoms with Gasteiger partial charge in [0, 0.05) is 12.2 Å². The second-order valence-electron chi connectivity index (χ2n) is 4.55. The van der Waals surface area contributed by atoms with Gasteiger partial charge in [-0.3, -0.25) is 9.69 Å². The average Bonchev–Trinajstić information content (AvgIpc) is 2.31. The molecule has 6 heteroatoms. The van der Waals surface area contributed by atoms with Crippen molar-refractivity contribution in [3.63, 3.8) is 0 Å². The van der Waals surface area contributed by atoms with E-state index in [1.807, 2.05) is 11.9 Å². The van der Waals surface area contributed by atoms with Gasteiger partial charge in [-0.05, 0) is 38.6 Å². The van der Waals surface area contributed by atoms with E-state index in [0.717, 1.165) is 0 Å². The van der Waals surface area contributed by atoms with E-state index in [0.29, 0.717) is 28.7 Å². The number of anilines is 1. The van der Waals surface area contributed by atoms with Gasteiger partial charge in [-0.2, -0.15) is 0 Å². The van der Waals surface area contributed by atoms with Crippen molar-refractivity contribution in [2.75, 3.05) is 25.5 Å². The second-order valence-corrected chi connectivity index (χ2v) is 5.37. The van der Waals surface area contributed by atoms with Gasteiger partial charge in [-0.15, -0.1) is 0 Å². The topological polar surface area (TPSA) is 52.6 Å². The number of aliphatic hydroxyl groups is 1. The molecule has 1 rings (SSSR count). The SMILES string of the molecule is CC(O)CCN(C)CC(=O)Nc1ccc(Cl)c(Cl)c1. The van der Waals surface area contributed by atoms with Crippen LogP contribution in [0, 0.1) is 0 Å². The molecule has 0 heterocycles. The Kier molecular flexibility index (Phi) is 6.58. The molecule has 4 nitrogen and oxygen atoms in total. The first kappa shape index (κ1) is 16.2.